The maximum Gasteiger partial charge on any atom is 0.241 e. The van der Waals surface area contributed by atoms with Crippen molar-refractivity contribution in [3.05, 3.63) is 59.2 Å². The van der Waals surface area contributed by atoms with Crippen molar-refractivity contribution in [2.24, 2.45) is 5.92 Å². The van der Waals surface area contributed by atoms with Gasteiger partial charge in [0, 0.05) is 42.8 Å². The van der Waals surface area contributed by atoms with Gasteiger partial charge in [0.25, 0.3) is 0 Å². The fourth-order valence-electron chi connectivity index (χ4n) is 6.71. The molecule has 0 radical (unpaired) electrons. The Bertz CT molecular complexity index is 1260. The molecule has 1 saturated heterocycles. The summed E-state index contributed by atoms with van der Waals surface area (Å²) in [7, 11) is -1.26. The highest BCUT2D eigenvalue weighted by Crippen LogP contribution is 2.47. The summed E-state index contributed by atoms with van der Waals surface area (Å²) >= 11 is 0. The van der Waals surface area contributed by atoms with Crippen LogP contribution >= 0.6 is 0 Å². The van der Waals surface area contributed by atoms with Crippen molar-refractivity contribution in [2.45, 2.75) is 82.1 Å². The molecule has 2 amide bonds. The van der Waals surface area contributed by atoms with Gasteiger partial charge in [-0.3, -0.25) is 9.59 Å². The predicted molar refractivity (Wildman–Crippen MR) is 159 cm³/mol. The van der Waals surface area contributed by atoms with Crippen LogP contribution in [0.4, 0.5) is 5.69 Å². The number of fused-ring (bicyclic) bond motifs is 2. The second kappa shape index (κ2) is 12.2. The minimum absolute atomic E-state index is 0.0489. The summed E-state index contributed by atoms with van der Waals surface area (Å²) in [5.41, 5.74) is 3.36. The SMILES string of the molecule is CO[C@H]1c2cc(NC(=O)[C@H]3CCCN3)ccc2O[C@@H](C(CC(=O)N2Cc3ccccc3C[C@H]2CO)[Si](C)(C)O)[C@@H]1C. The molecule has 4 N–H and O–H groups in total. The number of benzene rings is 2. The number of anilines is 1. The van der Waals surface area contributed by atoms with Gasteiger partial charge >= 0.3 is 0 Å². The zero-order chi connectivity index (χ0) is 29.3. The third-order valence-corrected chi connectivity index (χ3v) is 11.4. The molecule has 0 bridgehead atoms. The summed E-state index contributed by atoms with van der Waals surface area (Å²) in [4.78, 5) is 39.8. The van der Waals surface area contributed by atoms with Crippen molar-refractivity contribution < 1.29 is 29.0 Å². The van der Waals surface area contributed by atoms with Crippen molar-refractivity contribution in [2.75, 3.05) is 25.6 Å². The van der Waals surface area contributed by atoms with Crippen molar-refractivity contribution in [3.8, 4) is 5.75 Å². The van der Waals surface area contributed by atoms with Gasteiger partial charge in [0.2, 0.25) is 11.8 Å². The van der Waals surface area contributed by atoms with Crippen molar-refractivity contribution in [3.63, 3.8) is 0 Å². The summed E-state index contributed by atoms with van der Waals surface area (Å²) in [6, 6.07) is 13.1. The van der Waals surface area contributed by atoms with Gasteiger partial charge in [0.1, 0.15) is 11.9 Å². The number of nitrogens with one attached hydrogen (secondary N) is 2. The average Bonchev–Trinajstić information content (AvgIpc) is 3.50. The van der Waals surface area contributed by atoms with E-state index in [0.29, 0.717) is 24.4 Å². The highest BCUT2D eigenvalue weighted by Gasteiger charge is 2.48. The minimum Gasteiger partial charge on any atom is -0.490 e. The first-order valence-corrected chi connectivity index (χ1v) is 17.7. The third kappa shape index (κ3) is 6.22. The van der Waals surface area contributed by atoms with E-state index in [4.69, 9.17) is 9.47 Å². The highest BCUT2D eigenvalue weighted by atomic mass is 28.4. The van der Waals surface area contributed by atoms with Crippen LogP contribution < -0.4 is 15.4 Å². The zero-order valence-electron chi connectivity index (χ0n) is 24.4. The van der Waals surface area contributed by atoms with E-state index in [2.05, 4.69) is 16.7 Å². The van der Waals surface area contributed by atoms with Gasteiger partial charge in [-0.1, -0.05) is 31.2 Å². The Kier molecular flexibility index (Phi) is 8.86. The number of amides is 2. The van der Waals surface area contributed by atoms with Crippen LogP contribution in [-0.4, -0.2) is 73.4 Å². The van der Waals surface area contributed by atoms with E-state index < -0.39 is 20.0 Å². The van der Waals surface area contributed by atoms with Crippen LogP contribution in [0.1, 0.15) is 49.0 Å². The summed E-state index contributed by atoms with van der Waals surface area (Å²) in [5.74, 6) is 0.328. The molecule has 2 aromatic rings. The number of ether oxygens (including phenoxy) is 2. The number of hydrogen-bond acceptors (Lipinski definition) is 7. The fraction of sp³-hybridized carbons (Fsp3) is 0.548. The molecule has 3 aliphatic heterocycles. The number of rotatable bonds is 8. The molecule has 1 fully saturated rings. The Balaban J connectivity index is 1.37. The van der Waals surface area contributed by atoms with Crippen LogP contribution in [-0.2, 0) is 27.3 Å². The van der Waals surface area contributed by atoms with Gasteiger partial charge < -0.3 is 34.9 Å². The van der Waals surface area contributed by atoms with E-state index in [1.165, 1.54) is 0 Å². The monoisotopic (exact) mass is 581 g/mol. The first-order valence-electron chi connectivity index (χ1n) is 14.7. The average molecular weight is 582 g/mol. The second-order valence-corrected chi connectivity index (χ2v) is 16.3. The van der Waals surface area contributed by atoms with Crippen LogP contribution in [0.2, 0.25) is 18.6 Å². The quantitative estimate of drug-likeness (QED) is 0.353. The van der Waals surface area contributed by atoms with Gasteiger partial charge in [0.15, 0.2) is 8.32 Å². The molecule has 222 valence electrons. The smallest absolute Gasteiger partial charge is 0.241 e. The molecular weight excluding hydrogens is 538 g/mol. The van der Waals surface area contributed by atoms with Gasteiger partial charge in [-0.25, -0.2) is 0 Å². The Labute approximate surface area is 243 Å². The zero-order valence-corrected chi connectivity index (χ0v) is 25.4. The van der Waals surface area contributed by atoms with Crippen LogP contribution in [0.5, 0.6) is 5.75 Å². The van der Waals surface area contributed by atoms with E-state index in [-0.39, 0.29) is 48.9 Å². The standard InChI is InChI=1S/C31H43N3O6Si/c1-19-29(39-2)24-15-22(33-31(37)25-10-7-13-32-25)11-12-26(24)40-30(19)27(41(3,4)38)16-28(36)34-17-21-9-6-5-8-20(21)14-23(34)18-35/h5-6,8-9,11-12,15,19,23,25,27,29-30,32,35,38H,7,10,13-14,16-18H2,1-4H3,(H,33,37)/t19-,23+,25-,27?,29-,30-/m1/s1. The van der Waals surface area contributed by atoms with E-state index in [1.807, 2.05) is 56.4 Å². The largest absolute Gasteiger partial charge is 0.490 e. The maximum atomic E-state index is 13.8. The lowest BCUT2D eigenvalue weighted by atomic mass is 9.86. The number of hydrogen-bond donors (Lipinski definition) is 4. The first kappa shape index (κ1) is 29.7. The summed E-state index contributed by atoms with van der Waals surface area (Å²) in [6.45, 7) is 6.90. The van der Waals surface area contributed by atoms with E-state index >= 15 is 0 Å². The number of aliphatic hydroxyl groups is 1. The Hall–Kier alpha value is -2.76. The van der Waals surface area contributed by atoms with Crippen molar-refractivity contribution >= 4 is 25.8 Å². The normalized spacial score (nSPS) is 26.5. The predicted octanol–water partition coefficient (Wildman–Crippen LogP) is 3.37. The fourth-order valence-corrected chi connectivity index (χ4v) is 8.56. The van der Waals surface area contributed by atoms with E-state index in [1.54, 1.807) is 12.0 Å². The Morgan fingerprint density at radius 3 is 2.63 bits per heavy atom. The Morgan fingerprint density at radius 1 is 1.22 bits per heavy atom. The molecule has 1 unspecified atom stereocenters. The Morgan fingerprint density at radius 2 is 1.98 bits per heavy atom. The molecule has 0 spiro atoms. The van der Waals surface area contributed by atoms with E-state index in [9.17, 15) is 19.5 Å². The van der Waals surface area contributed by atoms with Crippen LogP contribution in [0.15, 0.2) is 42.5 Å². The molecule has 0 saturated carbocycles. The lowest BCUT2D eigenvalue weighted by Crippen LogP contribution is -2.52. The molecule has 2 aromatic carbocycles. The molecule has 9 nitrogen and oxygen atoms in total. The summed E-state index contributed by atoms with van der Waals surface area (Å²) in [5, 5.41) is 16.4. The molecular formula is C31H43N3O6Si. The molecule has 5 rings (SSSR count). The summed E-state index contributed by atoms with van der Waals surface area (Å²) < 4.78 is 12.5. The molecule has 3 aliphatic rings. The van der Waals surface area contributed by atoms with Gasteiger partial charge in [-0.2, -0.15) is 0 Å². The molecule has 0 aliphatic carbocycles. The topological polar surface area (TPSA) is 120 Å². The number of aliphatic hydroxyl groups excluding tert-OH is 1. The van der Waals surface area contributed by atoms with Crippen LogP contribution in [0.25, 0.3) is 0 Å². The number of carbonyl (C=O) groups excluding carboxylic acids is 2. The summed E-state index contributed by atoms with van der Waals surface area (Å²) in [6.07, 6.45) is 1.75. The van der Waals surface area contributed by atoms with E-state index in [0.717, 1.165) is 36.1 Å². The van der Waals surface area contributed by atoms with Crippen LogP contribution in [0.3, 0.4) is 0 Å². The lowest BCUT2D eigenvalue weighted by molar-refractivity contribution is -0.136. The van der Waals surface area contributed by atoms with Crippen molar-refractivity contribution in [1.82, 2.24) is 10.2 Å². The number of methoxy groups -OCH3 is 1. The molecule has 0 aromatic heterocycles. The van der Waals surface area contributed by atoms with Gasteiger partial charge in [0.05, 0.1) is 24.8 Å². The minimum atomic E-state index is -2.91. The molecule has 6 atom stereocenters. The molecule has 10 heteroatoms. The maximum absolute atomic E-state index is 13.8. The lowest BCUT2D eigenvalue weighted by Gasteiger charge is -2.44. The number of carbonyl (C=O) groups is 2. The molecule has 41 heavy (non-hydrogen) atoms. The van der Waals surface area contributed by atoms with Gasteiger partial charge in [-0.05, 0) is 68.2 Å². The molecule has 3 heterocycles. The highest BCUT2D eigenvalue weighted by molar-refractivity contribution is 6.71. The van der Waals surface area contributed by atoms with Gasteiger partial charge in [-0.15, -0.1) is 0 Å². The number of nitrogens with zero attached hydrogens (tertiary/aromatic N) is 1. The second-order valence-electron chi connectivity index (χ2n) is 12.3. The van der Waals surface area contributed by atoms with Crippen LogP contribution in [0, 0.1) is 5.92 Å². The van der Waals surface area contributed by atoms with Crippen molar-refractivity contribution in [1.29, 1.82) is 0 Å². The third-order valence-electron chi connectivity index (χ3n) is 9.06. The first-order chi connectivity index (χ1) is 19.6.